The molecule has 0 unspecified atom stereocenters. The third kappa shape index (κ3) is 4.47. The van der Waals surface area contributed by atoms with Gasteiger partial charge in [-0.15, -0.1) is 0 Å². The van der Waals surface area contributed by atoms with Gasteiger partial charge < -0.3 is 14.6 Å². The summed E-state index contributed by atoms with van der Waals surface area (Å²) in [5.74, 6) is 1.33. The zero-order chi connectivity index (χ0) is 17.6. The van der Waals surface area contributed by atoms with Gasteiger partial charge in [0.1, 0.15) is 5.75 Å². The Hall–Kier alpha value is -3.08. The normalized spacial score (nSPS) is 10.5. The second kappa shape index (κ2) is 7.66. The Morgan fingerprint density at radius 2 is 1.96 bits per heavy atom. The summed E-state index contributed by atoms with van der Waals surface area (Å²) in [5, 5.41) is 6.86. The summed E-state index contributed by atoms with van der Waals surface area (Å²) in [7, 11) is 1.62. The molecule has 0 bridgehead atoms. The molecule has 0 fully saturated rings. The fourth-order valence-electron chi connectivity index (χ4n) is 2.46. The number of benzene rings is 2. The molecule has 0 spiro atoms. The van der Waals surface area contributed by atoms with Gasteiger partial charge in [-0.3, -0.25) is 4.79 Å². The van der Waals surface area contributed by atoms with Crippen molar-refractivity contribution >= 4 is 5.91 Å². The highest BCUT2D eigenvalue weighted by Crippen LogP contribution is 2.21. The standard InChI is InChI=1S/C20H20N2O3/c1-14-6-8-16(9-7-14)19-11-17(22-25-19)12-20(23)21-13-15-4-3-5-18(10-15)24-2/h3-11H,12-13H2,1-2H3,(H,21,23). The van der Waals surface area contributed by atoms with Gasteiger partial charge in [0.2, 0.25) is 5.91 Å². The largest absolute Gasteiger partial charge is 0.497 e. The van der Waals surface area contributed by atoms with Crippen molar-refractivity contribution in [3.8, 4) is 17.1 Å². The van der Waals surface area contributed by atoms with Crippen LogP contribution >= 0.6 is 0 Å². The zero-order valence-corrected chi connectivity index (χ0v) is 14.3. The maximum Gasteiger partial charge on any atom is 0.226 e. The van der Waals surface area contributed by atoms with Crippen LogP contribution in [0.4, 0.5) is 0 Å². The number of methoxy groups -OCH3 is 1. The number of rotatable bonds is 6. The molecule has 0 aliphatic heterocycles. The topological polar surface area (TPSA) is 64.4 Å². The number of carbonyl (C=O) groups excluding carboxylic acids is 1. The summed E-state index contributed by atoms with van der Waals surface area (Å²) in [6.45, 7) is 2.47. The number of aromatic nitrogens is 1. The minimum absolute atomic E-state index is 0.105. The monoisotopic (exact) mass is 336 g/mol. The molecule has 128 valence electrons. The van der Waals surface area contributed by atoms with E-state index in [-0.39, 0.29) is 12.3 Å². The van der Waals surface area contributed by atoms with Crippen molar-refractivity contribution in [3.05, 3.63) is 71.4 Å². The Bertz CT molecular complexity index is 853. The van der Waals surface area contributed by atoms with E-state index >= 15 is 0 Å². The molecule has 0 saturated carbocycles. The van der Waals surface area contributed by atoms with Crippen LogP contribution in [-0.2, 0) is 17.8 Å². The molecule has 25 heavy (non-hydrogen) atoms. The molecule has 1 N–H and O–H groups in total. The lowest BCUT2D eigenvalue weighted by molar-refractivity contribution is -0.120. The van der Waals surface area contributed by atoms with E-state index in [2.05, 4.69) is 10.5 Å². The number of carbonyl (C=O) groups is 1. The molecule has 1 heterocycles. The van der Waals surface area contributed by atoms with E-state index in [1.807, 2.05) is 55.5 Å². The molecule has 0 saturated heterocycles. The van der Waals surface area contributed by atoms with Crippen molar-refractivity contribution in [3.63, 3.8) is 0 Å². The summed E-state index contributed by atoms with van der Waals surface area (Å²) in [6, 6.07) is 17.4. The molecule has 5 heteroatoms. The number of aryl methyl sites for hydroxylation is 1. The Kier molecular flexibility index (Phi) is 5.14. The third-order valence-corrected chi connectivity index (χ3v) is 3.86. The van der Waals surface area contributed by atoms with E-state index in [4.69, 9.17) is 9.26 Å². The lowest BCUT2D eigenvalue weighted by Crippen LogP contribution is -2.24. The fraction of sp³-hybridized carbons (Fsp3) is 0.200. The number of hydrogen-bond donors (Lipinski definition) is 1. The summed E-state index contributed by atoms with van der Waals surface area (Å²) < 4.78 is 10.5. The maximum absolute atomic E-state index is 12.1. The molecule has 0 aliphatic carbocycles. The van der Waals surface area contributed by atoms with E-state index in [0.29, 0.717) is 18.0 Å². The molecule has 0 aliphatic rings. The molecular weight excluding hydrogens is 316 g/mol. The van der Waals surface area contributed by atoms with Crippen molar-refractivity contribution in [2.45, 2.75) is 19.9 Å². The molecule has 0 atom stereocenters. The van der Waals surface area contributed by atoms with Crippen LogP contribution in [0.1, 0.15) is 16.8 Å². The van der Waals surface area contributed by atoms with Crippen molar-refractivity contribution in [2.24, 2.45) is 0 Å². The highest BCUT2D eigenvalue weighted by atomic mass is 16.5. The smallest absolute Gasteiger partial charge is 0.226 e. The number of amides is 1. The SMILES string of the molecule is COc1cccc(CNC(=O)Cc2cc(-c3ccc(C)cc3)on2)c1. The number of ether oxygens (including phenoxy) is 1. The van der Waals surface area contributed by atoms with Crippen LogP contribution in [0.3, 0.4) is 0 Å². The van der Waals surface area contributed by atoms with E-state index in [1.54, 1.807) is 13.2 Å². The minimum Gasteiger partial charge on any atom is -0.497 e. The van der Waals surface area contributed by atoms with Gasteiger partial charge in [0, 0.05) is 18.2 Å². The van der Waals surface area contributed by atoms with Gasteiger partial charge in [0.25, 0.3) is 0 Å². The minimum atomic E-state index is -0.105. The Morgan fingerprint density at radius 3 is 2.72 bits per heavy atom. The first-order chi connectivity index (χ1) is 12.1. The highest BCUT2D eigenvalue weighted by molar-refractivity contribution is 5.78. The van der Waals surface area contributed by atoms with Gasteiger partial charge in [-0.25, -0.2) is 0 Å². The van der Waals surface area contributed by atoms with E-state index in [0.717, 1.165) is 16.9 Å². The van der Waals surface area contributed by atoms with Crippen molar-refractivity contribution < 1.29 is 14.1 Å². The van der Waals surface area contributed by atoms with Crippen molar-refractivity contribution in [1.29, 1.82) is 0 Å². The lowest BCUT2D eigenvalue weighted by atomic mass is 10.1. The molecule has 2 aromatic carbocycles. The number of nitrogens with zero attached hydrogens (tertiary/aromatic N) is 1. The molecule has 5 nitrogen and oxygen atoms in total. The predicted molar refractivity (Wildman–Crippen MR) is 95.2 cm³/mol. The Balaban J connectivity index is 1.57. The summed E-state index contributed by atoms with van der Waals surface area (Å²) >= 11 is 0. The first kappa shape index (κ1) is 16.8. The predicted octanol–water partition coefficient (Wildman–Crippen LogP) is 3.52. The number of nitrogens with one attached hydrogen (secondary N) is 1. The first-order valence-electron chi connectivity index (χ1n) is 8.06. The van der Waals surface area contributed by atoms with Gasteiger partial charge in [-0.1, -0.05) is 47.1 Å². The van der Waals surface area contributed by atoms with Gasteiger partial charge in [-0.2, -0.15) is 0 Å². The van der Waals surface area contributed by atoms with Crippen LogP contribution in [-0.4, -0.2) is 18.2 Å². The van der Waals surface area contributed by atoms with Crippen LogP contribution in [0.2, 0.25) is 0 Å². The fourth-order valence-corrected chi connectivity index (χ4v) is 2.46. The highest BCUT2D eigenvalue weighted by Gasteiger charge is 2.10. The van der Waals surface area contributed by atoms with Crippen LogP contribution in [0.5, 0.6) is 5.75 Å². The molecule has 1 amide bonds. The van der Waals surface area contributed by atoms with Crippen molar-refractivity contribution in [2.75, 3.05) is 7.11 Å². The second-order valence-electron chi connectivity index (χ2n) is 5.85. The van der Waals surface area contributed by atoms with E-state index < -0.39 is 0 Å². The van der Waals surface area contributed by atoms with Gasteiger partial charge >= 0.3 is 0 Å². The quantitative estimate of drug-likeness (QED) is 0.748. The maximum atomic E-state index is 12.1. The van der Waals surface area contributed by atoms with Gasteiger partial charge in [0.05, 0.1) is 19.2 Å². The number of hydrogen-bond acceptors (Lipinski definition) is 4. The lowest BCUT2D eigenvalue weighted by Gasteiger charge is -2.06. The van der Waals surface area contributed by atoms with Crippen LogP contribution < -0.4 is 10.1 Å². The van der Waals surface area contributed by atoms with Crippen molar-refractivity contribution in [1.82, 2.24) is 10.5 Å². The van der Waals surface area contributed by atoms with E-state index in [1.165, 1.54) is 5.56 Å². The molecular formula is C20H20N2O3. The first-order valence-corrected chi connectivity index (χ1v) is 8.06. The summed E-state index contributed by atoms with van der Waals surface area (Å²) in [6.07, 6.45) is 0.180. The molecule has 3 rings (SSSR count). The van der Waals surface area contributed by atoms with Gasteiger partial charge in [0.15, 0.2) is 5.76 Å². The molecule has 1 aromatic heterocycles. The molecule has 3 aromatic rings. The molecule has 0 radical (unpaired) electrons. The zero-order valence-electron chi connectivity index (χ0n) is 14.3. The van der Waals surface area contributed by atoms with Crippen LogP contribution in [0, 0.1) is 6.92 Å². The Labute approximate surface area is 146 Å². The average molecular weight is 336 g/mol. The van der Waals surface area contributed by atoms with Gasteiger partial charge in [-0.05, 0) is 24.6 Å². The average Bonchev–Trinajstić information content (AvgIpc) is 3.09. The van der Waals surface area contributed by atoms with Crippen LogP contribution in [0.25, 0.3) is 11.3 Å². The van der Waals surface area contributed by atoms with E-state index in [9.17, 15) is 4.79 Å². The second-order valence-corrected chi connectivity index (χ2v) is 5.85. The summed E-state index contributed by atoms with van der Waals surface area (Å²) in [5.41, 5.74) is 3.72. The summed E-state index contributed by atoms with van der Waals surface area (Å²) in [4.78, 5) is 12.1. The van der Waals surface area contributed by atoms with Crippen LogP contribution in [0.15, 0.2) is 59.1 Å². The Morgan fingerprint density at radius 1 is 1.16 bits per heavy atom. The third-order valence-electron chi connectivity index (χ3n) is 3.86.